The highest BCUT2D eigenvalue weighted by Crippen LogP contribution is 2.57. The zero-order chi connectivity index (χ0) is 27.8. The van der Waals surface area contributed by atoms with E-state index in [1.807, 2.05) is 47.6 Å². The quantitative estimate of drug-likeness (QED) is 0.422. The molecular weight excluding hydrogens is 486 g/mol. The molecule has 38 heavy (non-hydrogen) atoms. The number of amides is 3. The molecule has 0 saturated heterocycles. The Kier molecular flexibility index (Phi) is 7.81. The molecule has 5 rings (SSSR count). The van der Waals surface area contributed by atoms with Gasteiger partial charge in [0, 0.05) is 18.2 Å². The van der Waals surface area contributed by atoms with Crippen molar-refractivity contribution in [3.63, 3.8) is 0 Å². The van der Waals surface area contributed by atoms with Crippen molar-refractivity contribution in [2.75, 3.05) is 6.61 Å². The number of carbonyl (C=O) groups is 3. The number of hydrogen-bond donors (Lipinski definition) is 3. The average Bonchev–Trinajstić information content (AvgIpc) is 3.20. The van der Waals surface area contributed by atoms with E-state index in [2.05, 4.69) is 15.7 Å². The minimum atomic E-state index is -0.716. The molecule has 0 radical (unpaired) electrons. The molecule has 2 unspecified atom stereocenters. The van der Waals surface area contributed by atoms with Gasteiger partial charge in [-0.1, -0.05) is 27.7 Å². The molecule has 0 spiro atoms. The molecule has 4 aliphatic carbocycles. The Labute approximate surface area is 225 Å². The maximum atomic E-state index is 13.6. The Morgan fingerprint density at radius 2 is 1.84 bits per heavy atom. The van der Waals surface area contributed by atoms with E-state index in [1.165, 1.54) is 6.20 Å². The third-order valence-corrected chi connectivity index (χ3v) is 7.98. The molecule has 0 aromatic carbocycles. The Bertz CT molecular complexity index is 1080. The first-order valence-corrected chi connectivity index (χ1v) is 13.8. The summed E-state index contributed by atoms with van der Waals surface area (Å²) in [6, 6.07) is 0.00525. The molecule has 210 valence electrons. The van der Waals surface area contributed by atoms with Crippen molar-refractivity contribution in [1.82, 2.24) is 20.4 Å². The third kappa shape index (κ3) is 6.15. The summed E-state index contributed by atoms with van der Waals surface area (Å²) in [5.74, 6) is 1.21. The van der Waals surface area contributed by atoms with Crippen LogP contribution < -0.4 is 21.1 Å². The van der Waals surface area contributed by atoms with E-state index >= 15 is 0 Å². The zero-order valence-corrected chi connectivity index (χ0v) is 23.5. The molecule has 1 aromatic rings. The molecular formula is C28H43N5O5. The van der Waals surface area contributed by atoms with E-state index in [1.54, 1.807) is 10.9 Å². The highest BCUT2D eigenvalue weighted by atomic mass is 16.6. The standard InChI is InChI=1S/C28H43N5O5/c1-16(2)15-37-25-21(14-30-33(25)8-7-27(5,6)32-23(34)17(3)4)24(35)31-22-19-9-18-10-20(22)13-28(11-18,12-19)38-26(29)36/h7-8,14,16-20,22H,9-13,15H2,1-6H3,(H2,29,36)(H,31,35)(H,32,34)/b8-7+/t18?,19?,20?,22-,28-. The van der Waals surface area contributed by atoms with E-state index in [0.717, 1.165) is 32.1 Å². The summed E-state index contributed by atoms with van der Waals surface area (Å²) in [5.41, 5.74) is 4.65. The fourth-order valence-electron chi connectivity index (χ4n) is 6.52. The predicted octanol–water partition coefficient (Wildman–Crippen LogP) is 3.71. The summed E-state index contributed by atoms with van der Waals surface area (Å²) in [5, 5.41) is 10.7. The number of primary amides is 1. The lowest BCUT2D eigenvalue weighted by Crippen LogP contribution is -2.63. The lowest BCUT2D eigenvalue weighted by atomic mass is 9.52. The summed E-state index contributed by atoms with van der Waals surface area (Å²) in [4.78, 5) is 37.3. The van der Waals surface area contributed by atoms with Gasteiger partial charge in [0.25, 0.3) is 5.91 Å². The van der Waals surface area contributed by atoms with Crippen LogP contribution in [-0.2, 0) is 9.53 Å². The van der Waals surface area contributed by atoms with E-state index in [4.69, 9.17) is 15.2 Å². The average molecular weight is 530 g/mol. The lowest BCUT2D eigenvalue weighted by molar-refractivity contribution is -0.137. The first-order chi connectivity index (χ1) is 17.8. The molecule has 1 aromatic heterocycles. The highest BCUT2D eigenvalue weighted by Gasteiger charge is 2.57. The van der Waals surface area contributed by atoms with Crippen molar-refractivity contribution in [2.45, 2.75) is 90.8 Å². The summed E-state index contributed by atoms with van der Waals surface area (Å²) in [7, 11) is 0. The Morgan fingerprint density at radius 1 is 1.18 bits per heavy atom. The van der Waals surface area contributed by atoms with Gasteiger partial charge in [-0.3, -0.25) is 9.59 Å². The lowest BCUT2D eigenvalue weighted by Gasteiger charge is -2.58. The maximum absolute atomic E-state index is 13.6. The molecule has 2 atom stereocenters. The largest absolute Gasteiger partial charge is 0.477 e. The van der Waals surface area contributed by atoms with Gasteiger partial charge in [0.1, 0.15) is 11.2 Å². The first kappa shape index (κ1) is 28.0. The molecule has 4 fully saturated rings. The summed E-state index contributed by atoms with van der Waals surface area (Å²) >= 11 is 0. The van der Waals surface area contributed by atoms with Crippen LogP contribution in [-0.4, -0.2) is 51.5 Å². The Hall–Kier alpha value is -3.04. The number of ether oxygens (including phenoxy) is 2. The summed E-state index contributed by atoms with van der Waals surface area (Å²) < 4.78 is 13.2. The third-order valence-electron chi connectivity index (χ3n) is 7.98. The smallest absolute Gasteiger partial charge is 0.405 e. The second-order valence-corrected chi connectivity index (χ2v) is 12.8. The normalized spacial score (nSPS) is 28.2. The van der Waals surface area contributed by atoms with Crippen molar-refractivity contribution in [3.05, 3.63) is 17.8 Å². The first-order valence-electron chi connectivity index (χ1n) is 13.8. The molecule has 4 saturated carbocycles. The van der Waals surface area contributed by atoms with Gasteiger partial charge in [-0.05, 0) is 75.7 Å². The van der Waals surface area contributed by atoms with Crippen LogP contribution in [0.4, 0.5) is 4.79 Å². The van der Waals surface area contributed by atoms with E-state index < -0.39 is 17.2 Å². The number of rotatable bonds is 10. The van der Waals surface area contributed by atoms with Crippen molar-refractivity contribution >= 4 is 24.1 Å². The van der Waals surface area contributed by atoms with E-state index in [0.29, 0.717) is 24.0 Å². The number of aromatic nitrogens is 2. The number of nitrogens with two attached hydrogens (primary N) is 1. The molecule has 10 nitrogen and oxygen atoms in total. The Morgan fingerprint density at radius 3 is 2.42 bits per heavy atom. The second kappa shape index (κ2) is 10.6. The molecule has 0 aliphatic heterocycles. The number of carbonyl (C=O) groups excluding carboxylic acids is 3. The molecule has 3 amide bonds. The SMILES string of the molecule is CC(C)COc1c(C(=O)N[C@H]2C3CC4CC2C[C@](OC(N)=O)(C4)C3)cnn1/C=C/C(C)(C)NC(=O)C(C)C. The fraction of sp³-hybridized carbons (Fsp3) is 0.714. The maximum Gasteiger partial charge on any atom is 0.405 e. The molecule has 4 aliphatic rings. The predicted molar refractivity (Wildman–Crippen MR) is 143 cm³/mol. The fourth-order valence-corrected chi connectivity index (χ4v) is 6.52. The van der Waals surface area contributed by atoms with Gasteiger partial charge >= 0.3 is 6.09 Å². The Balaban J connectivity index is 1.51. The highest BCUT2D eigenvalue weighted by molar-refractivity contribution is 5.96. The van der Waals surface area contributed by atoms with E-state index in [-0.39, 0.29) is 41.5 Å². The van der Waals surface area contributed by atoms with Gasteiger partial charge in [0.15, 0.2) is 0 Å². The molecule has 4 N–H and O–H groups in total. The van der Waals surface area contributed by atoms with Crippen molar-refractivity contribution < 1.29 is 23.9 Å². The topological polar surface area (TPSA) is 138 Å². The van der Waals surface area contributed by atoms with Gasteiger partial charge < -0.3 is 25.8 Å². The zero-order valence-electron chi connectivity index (χ0n) is 23.5. The van der Waals surface area contributed by atoms with Crippen molar-refractivity contribution in [2.24, 2.45) is 35.3 Å². The van der Waals surface area contributed by atoms with Crippen LogP contribution in [0.25, 0.3) is 6.20 Å². The van der Waals surface area contributed by atoms with Gasteiger partial charge in [0.2, 0.25) is 11.8 Å². The number of hydrogen-bond acceptors (Lipinski definition) is 6. The monoisotopic (exact) mass is 529 g/mol. The number of nitrogens with zero attached hydrogens (tertiary/aromatic N) is 2. The van der Waals surface area contributed by atoms with Gasteiger partial charge in [-0.25, -0.2) is 9.48 Å². The van der Waals surface area contributed by atoms with Gasteiger partial charge in [-0.15, -0.1) is 0 Å². The molecule has 10 heteroatoms. The van der Waals surface area contributed by atoms with Crippen LogP contribution in [0.2, 0.25) is 0 Å². The van der Waals surface area contributed by atoms with Crippen LogP contribution in [0, 0.1) is 29.6 Å². The van der Waals surface area contributed by atoms with Crippen LogP contribution in [0.5, 0.6) is 5.88 Å². The van der Waals surface area contributed by atoms with Crippen LogP contribution >= 0.6 is 0 Å². The van der Waals surface area contributed by atoms with Crippen LogP contribution in [0.1, 0.15) is 84.0 Å². The molecule has 1 heterocycles. The number of nitrogens with one attached hydrogen (secondary N) is 2. The van der Waals surface area contributed by atoms with Crippen LogP contribution in [0.3, 0.4) is 0 Å². The van der Waals surface area contributed by atoms with Crippen molar-refractivity contribution in [1.29, 1.82) is 0 Å². The molecule has 4 bridgehead atoms. The minimum Gasteiger partial charge on any atom is -0.477 e. The minimum absolute atomic E-state index is 0.00525. The van der Waals surface area contributed by atoms with E-state index in [9.17, 15) is 14.4 Å². The van der Waals surface area contributed by atoms with Gasteiger partial charge in [0.05, 0.1) is 18.3 Å². The summed E-state index contributed by atoms with van der Waals surface area (Å²) in [6.45, 7) is 12.0. The second-order valence-electron chi connectivity index (χ2n) is 12.8. The van der Waals surface area contributed by atoms with Crippen LogP contribution in [0.15, 0.2) is 12.3 Å². The summed E-state index contributed by atoms with van der Waals surface area (Å²) in [6.07, 6.45) is 8.72. The van der Waals surface area contributed by atoms with Crippen molar-refractivity contribution in [3.8, 4) is 5.88 Å². The van der Waals surface area contributed by atoms with Gasteiger partial charge in [-0.2, -0.15) is 5.10 Å².